The summed E-state index contributed by atoms with van der Waals surface area (Å²) in [4.78, 5) is 4.63. The summed E-state index contributed by atoms with van der Waals surface area (Å²) in [6, 6.07) is 9.28. The van der Waals surface area contributed by atoms with Crippen LogP contribution < -0.4 is 5.32 Å². The molecule has 0 saturated carbocycles. The van der Waals surface area contributed by atoms with Crippen LogP contribution in [-0.2, 0) is 26.4 Å². The van der Waals surface area contributed by atoms with Gasteiger partial charge in [0.05, 0.1) is 6.54 Å². The Morgan fingerprint density at radius 3 is 2.29 bits per heavy atom. The minimum absolute atomic E-state index is 0.755. The van der Waals surface area contributed by atoms with Gasteiger partial charge in [-0.25, -0.2) is 0 Å². The van der Waals surface area contributed by atoms with E-state index in [1.165, 1.54) is 16.8 Å². The maximum absolute atomic E-state index is 5.44. The zero-order chi connectivity index (χ0) is 17.8. The Balaban J connectivity index is 2.45. The minimum atomic E-state index is -2.44. The molecule has 1 rings (SSSR count). The van der Waals surface area contributed by atoms with E-state index in [1.54, 1.807) is 21.3 Å². The molecule has 0 atom stereocenters. The Labute approximate surface area is 147 Å². The molecule has 0 heterocycles. The van der Waals surface area contributed by atoms with Gasteiger partial charge >= 0.3 is 8.80 Å². The number of hydrogen-bond acceptors (Lipinski definition) is 5. The average molecular weight is 353 g/mol. The molecule has 136 valence electrons. The van der Waals surface area contributed by atoms with E-state index in [0.717, 1.165) is 38.5 Å². The first-order valence-corrected chi connectivity index (χ1v) is 10.5. The molecule has 5 nitrogen and oxygen atoms in total. The number of benzene rings is 1. The number of nitrogens with zero attached hydrogens (tertiary/aromatic N) is 1. The predicted molar refractivity (Wildman–Crippen MR) is 101 cm³/mol. The molecule has 1 N–H and O–H groups in total. The third-order valence-electron chi connectivity index (χ3n) is 4.23. The molecule has 0 bridgehead atoms. The van der Waals surface area contributed by atoms with Gasteiger partial charge in [-0.05, 0) is 37.4 Å². The van der Waals surface area contributed by atoms with Crippen LogP contribution in [0.4, 0.5) is 0 Å². The maximum Gasteiger partial charge on any atom is 0.500 e. The number of hydrogen-bond donors (Lipinski definition) is 1. The number of nitrogens with one attached hydrogen (secondary N) is 1. The summed E-state index contributed by atoms with van der Waals surface area (Å²) in [5.74, 6) is 0. The van der Waals surface area contributed by atoms with Gasteiger partial charge in [-0.15, -0.1) is 0 Å². The molecular formula is C18H32N2O3Si. The third-order valence-corrected chi connectivity index (χ3v) is 7.07. The topological polar surface area (TPSA) is 52.1 Å². The highest BCUT2D eigenvalue weighted by atomic mass is 28.4. The van der Waals surface area contributed by atoms with Crippen LogP contribution in [0.2, 0.25) is 6.04 Å². The second kappa shape index (κ2) is 11.5. The molecule has 0 aliphatic heterocycles. The van der Waals surface area contributed by atoms with Crippen LogP contribution in [0.3, 0.4) is 0 Å². The molecule has 0 fully saturated rings. The zero-order valence-corrected chi connectivity index (χ0v) is 16.7. The Bertz CT molecular complexity index is 497. The van der Waals surface area contributed by atoms with Crippen LogP contribution in [0.25, 0.3) is 0 Å². The standard InChI is InChI=1S/C18H32N2O3Si/c1-6-16(2)20-15-18-11-8-7-10-17(18)14-19-12-9-13-24(21-3,22-4)23-5/h7-8,10-11,19H,6,9,12-15H2,1-5H3. The molecular weight excluding hydrogens is 320 g/mol. The monoisotopic (exact) mass is 352 g/mol. The summed E-state index contributed by atoms with van der Waals surface area (Å²) in [6.07, 6.45) is 1.96. The molecule has 6 heteroatoms. The van der Waals surface area contributed by atoms with Crippen LogP contribution >= 0.6 is 0 Å². The normalized spacial score (nSPS) is 12.6. The van der Waals surface area contributed by atoms with Crippen LogP contribution in [0.1, 0.15) is 37.8 Å². The fourth-order valence-electron chi connectivity index (χ4n) is 2.43. The van der Waals surface area contributed by atoms with E-state index < -0.39 is 8.80 Å². The summed E-state index contributed by atoms with van der Waals surface area (Å²) in [5, 5.41) is 3.50. The lowest BCUT2D eigenvalue weighted by Crippen LogP contribution is -2.43. The van der Waals surface area contributed by atoms with Gasteiger partial charge in [0.1, 0.15) is 0 Å². The van der Waals surface area contributed by atoms with Crippen molar-refractivity contribution in [3.8, 4) is 0 Å². The second-order valence-electron chi connectivity index (χ2n) is 5.75. The van der Waals surface area contributed by atoms with Crippen LogP contribution in [-0.4, -0.2) is 42.4 Å². The van der Waals surface area contributed by atoms with E-state index in [2.05, 4.69) is 48.4 Å². The molecule has 0 saturated heterocycles. The van der Waals surface area contributed by atoms with Crippen molar-refractivity contribution in [2.45, 2.75) is 45.8 Å². The predicted octanol–water partition coefficient (Wildman–Crippen LogP) is 3.42. The SMILES string of the molecule is CCC(C)=NCc1ccccc1CNCCC[Si](OC)(OC)OC. The van der Waals surface area contributed by atoms with Gasteiger partial charge in [0.2, 0.25) is 0 Å². The van der Waals surface area contributed by atoms with Gasteiger partial charge in [0.25, 0.3) is 0 Å². The average Bonchev–Trinajstić information content (AvgIpc) is 2.64. The lowest BCUT2D eigenvalue weighted by molar-refractivity contribution is 0.123. The lowest BCUT2D eigenvalue weighted by atomic mass is 10.1. The highest BCUT2D eigenvalue weighted by Crippen LogP contribution is 2.15. The van der Waals surface area contributed by atoms with Crippen molar-refractivity contribution in [2.24, 2.45) is 4.99 Å². The summed E-state index contributed by atoms with van der Waals surface area (Å²) in [7, 11) is 2.52. The van der Waals surface area contributed by atoms with E-state index in [9.17, 15) is 0 Å². The van der Waals surface area contributed by atoms with Crippen molar-refractivity contribution in [3.05, 3.63) is 35.4 Å². The van der Waals surface area contributed by atoms with Crippen LogP contribution in [0.5, 0.6) is 0 Å². The number of aliphatic imine (C=N–C) groups is 1. The Morgan fingerprint density at radius 2 is 1.71 bits per heavy atom. The molecule has 0 aliphatic carbocycles. The van der Waals surface area contributed by atoms with Crippen LogP contribution in [0, 0.1) is 0 Å². The van der Waals surface area contributed by atoms with Gasteiger partial charge in [-0.3, -0.25) is 4.99 Å². The van der Waals surface area contributed by atoms with Gasteiger partial charge < -0.3 is 18.6 Å². The fourth-order valence-corrected chi connectivity index (χ4v) is 4.15. The van der Waals surface area contributed by atoms with Crippen LogP contribution in [0.15, 0.2) is 29.3 Å². The minimum Gasteiger partial charge on any atom is -0.377 e. The van der Waals surface area contributed by atoms with E-state index in [-0.39, 0.29) is 0 Å². The van der Waals surface area contributed by atoms with Gasteiger partial charge in [-0.1, -0.05) is 31.2 Å². The van der Waals surface area contributed by atoms with Crippen molar-refractivity contribution in [1.82, 2.24) is 5.32 Å². The fraction of sp³-hybridized carbons (Fsp3) is 0.611. The van der Waals surface area contributed by atoms with E-state index >= 15 is 0 Å². The third kappa shape index (κ3) is 6.82. The molecule has 24 heavy (non-hydrogen) atoms. The first kappa shape index (κ1) is 21.0. The van der Waals surface area contributed by atoms with E-state index in [0.29, 0.717) is 0 Å². The zero-order valence-electron chi connectivity index (χ0n) is 15.7. The van der Waals surface area contributed by atoms with Gasteiger partial charge in [-0.2, -0.15) is 0 Å². The maximum atomic E-state index is 5.44. The number of rotatable bonds is 12. The lowest BCUT2D eigenvalue weighted by Gasteiger charge is -2.24. The van der Waals surface area contributed by atoms with Crippen molar-refractivity contribution < 1.29 is 13.3 Å². The Kier molecular flexibility index (Phi) is 10.1. The molecule has 0 spiro atoms. The van der Waals surface area contributed by atoms with E-state index in [4.69, 9.17) is 13.3 Å². The van der Waals surface area contributed by atoms with Crippen molar-refractivity contribution in [1.29, 1.82) is 0 Å². The van der Waals surface area contributed by atoms with Crippen molar-refractivity contribution in [2.75, 3.05) is 27.9 Å². The molecule has 0 aromatic heterocycles. The second-order valence-corrected chi connectivity index (χ2v) is 8.84. The molecule has 0 unspecified atom stereocenters. The molecule has 0 radical (unpaired) electrons. The summed E-state index contributed by atoms with van der Waals surface area (Å²) >= 11 is 0. The quantitative estimate of drug-likeness (QED) is 0.356. The Hall–Kier alpha value is -1.05. The summed E-state index contributed by atoms with van der Waals surface area (Å²) in [5.41, 5.74) is 3.78. The molecule has 0 aliphatic rings. The first-order valence-electron chi connectivity index (χ1n) is 8.53. The first-order chi connectivity index (χ1) is 11.6. The van der Waals surface area contributed by atoms with Crippen molar-refractivity contribution in [3.63, 3.8) is 0 Å². The van der Waals surface area contributed by atoms with Gasteiger partial charge in [0.15, 0.2) is 0 Å². The highest BCUT2D eigenvalue weighted by Gasteiger charge is 2.36. The molecule has 0 amide bonds. The smallest absolute Gasteiger partial charge is 0.377 e. The Morgan fingerprint density at radius 1 is 1.08 bits per heavy atom. The van der Waals surface area contributed by atoms with Gasteiger partial charge in [0, 0.05) is 39.6 Å². The highest BCUT2D eigenvalue weighted by molar-refractivity contribution is 6.60. The molecule has 1 aromatic rings. The summed E-state index contributed by atoms with van der Waals surface area (Å²) < 4.78 is 16.3. The molecule has 1 aromatic carbocycles. The summed E-state index contributed by atoms with van der Waals surface area (Å²) in [6.45, 7) is 6.72. The van der Waals surface area contributed by atoms with E-state index in [1.807, 2.05) is 0 Å². The van der Waals surface area contributed by atoms with Crippen molar-refractivity contribution >= 4 is 14.5 Å². The largest absolute Gasteiger partial charge is 0.500 e.